The number of nitrogens with zero attached hydrogens (tertiary/aromatic N) is 2. The number of esters is 2. The Labute approximate surface area is 257 Å². The summed E-state index contributed by atoms with van der Waals surface area (Å²) in [7, 11) is 1.88. The highest BCUT2D eigenvalue weighted by molar-refractivity contribution is 6.07. The van der Waals surface area contributed by atoms with E-state index < -0.39 is 57.9 Å². The number of rotatable bonds is 15. The highest BCUT2D eigenvalue weighted by Gasteiger charge is 2.50. The number of methoxy groups -OCH3 is 2. The molecule has 0 bridgehead atoms. The number of aliphatic imine (C=N–C) groups is 1. The number of benzene rings is 2. The van der Waals surface area contributed by atoms with Crippen molar-refractivity contribution in [3.63, 3.8) is 0 Å². The van der Waals surface area contributed by atoms with Crippen LogP contribution in [-0.2, 0) is 19.1 Å². The fraction of sp³-hybridized carbons (Fsp3) is 0.433. The van der Waals surface area contributed by atoms with Gasteiger partial charge in [0.2, 0.25) is 0 Å². The van der Waals surface area contributed by atoms with E-state index in [9.17, 15) is 38.0 Å². The summed E-state index contributed by atoms with van der Waals surface area (Å²) in [5.74, 6) is -5.13. The van der Waals surface area contributed by atoms with Crippen molar-refractivity contribution in [2.75, 3.05) is 40.5 Å². The maximum absolute atomic E-state index is 14.1. The van der Waals surface area contributed by atoms with E-state index in [1.54, 1.807) is 12.1 Å². The van der Waals surface area contributed by atoms with Gasteiger partial charge in [-0.05, 0) is 44.5 Å². The number of aliphatic hydroxyl groups excluding tert-OH is 1. The molecule has 3 rings (SSSR count). The van der Waals surface area contributed by atoms with Gasteiger partial charge in [0.1, 0.15) is 30.1 Å². The second kappa shape index (κ2) is 16.0. The lowest BCUT2D eigenvalue weighted by atomic mass is 9.75. The molecule has 3 unspecified atom stereocenters. The van der Waals surface area contributed by atoms with Crippen LogP contribution in [0.1, 0.15) is 31.2 Å². The molecule has 0 aliphatic carbocycles. The Hall–Kier alpha value is -4.50. The van der Waals surface area contributed by atoms with E-state index in [-0.39, 0.29) is 36.8 Å². The van der Waals surface area contributed by atoms with Crippen molar-refractivity contribution < 1.29 is 51.7 Å². The number of alkyl halides is 3. The number of nitrogens with one attached hydrogen (secondary N) is 1. The lowest BCUT2D eigenvalue weighted by Crippen LogP contribution is -2.38. The van der Waals surface area contributed by atoms with Crippen LogP contribution in [0.15, 0.2) is 64.8 Å². The number of unbranched alkanes of at least 4 members (excludes halogenated alkanes) is 1. The van der Waals surface area contributed by atoms with Crippen LogP contribution in [0.4, 0.5) is 18.9 Å². The third-order valence-electron chi connectivity index (χ3n) is 6.88. The van der Waals surface area contributed by atoms with Crippen molar-refractivity contribution in [1.82, 2.24) is 5.32 Å². The number of non-ortho nitro benzene ring substituents is 1. The lowest BCUT2D eigenvalue weighted by Gasteiger charge is -2.32. The largest absolute Gasteiger partial charge is 0.493 e. The van der Waals surface area contributed by atoms with E-state index in [2.05, 4.69) is 15.0 Å². The first-order chi connectivity index (χ1) is 21.4. The molecule has 0 spiro atoms. The predicted molar refractivity (Wildman–Crippen MR) is 155 cm³/mol. The van der Waals surface area contributed by atoms with Crippen molar-refractivity contribution in [2.45, 2.75) is 38.0 Å². The topological polar surface area (TPSA) is 159 Å². The first-order valence-corrected chi connectivity index (χ1v) is 13.9. The molecule has 1 aliphatic heterocycles. The molecule has 1 heterocycles. The number of allylic oxidation sites excluding steroid dienone is 1. The van der Waals surface area contributed by atoms with Crippen LogP contribution in [0.2, 0.25) is 0 Å². The standard InChI is InChI=1S/C30H34F3N3O9/c1-18-24(28(38)42-2)25(26(29(39)43-3)27(35-18)30(31,32)33)22-15-19(36(40)41)11-12-23(22)44-14-8-7-13-34-16-20(37)17-45-21-9-5-4-6-10-21/h4-6,9-12,15,20,24-25,34,37H,7-8,13-14,16-17H2,1-3H3. The van der Waals surface area contributed by atoms with Crippen LogP contribution in [-0.4, -0.2) is 80.5 Å². The molecule has 2 N–H and O–H groups in total. The number of aliphatic hydroxyl groups is 1. The molecular formula is C30H34F3N3O9. The lowest BCUT2D eigenvalue weighted by molar-refractivity contribution is -0.385. The monoisotopic (exact) mass is 637 g/mol. The maximum atomic E-state index is 14.1. The van der Waals surface area contributed by atoms with Gasteiger partial charge in [-0.1, -0.05) is 18.2 Å². The molecule has 3 atom stereocenters. The highest BCUT2D eigenvalue weighted by Crippen LogP contribution is 2.47. The van der Waals surface area contributed by atoms with Gasteiger partial charge in [0.25, 0.3) is 5.69 Å². The van der Waals surface area contributed by atoms with Gasteiger partial charge < -0.3 is 29.4 Å². The van der Waals surface area contributed by atoms with Crippen molar-refractivity contribution in [1.29, 1.82) is 0 Å². The van der Waals surface area contributed by atoms with E-state index in [4.69, 9.17) is 14.2 Å². The summed E-state index contributed by atoms with van der Waals surface area (Å²) in [6, 6.07) is 12.3. The van der Waals surface area contributed by atoms with Gasteiger partial charge in [0, 0.05) is 35.9 Å². The zero-order valence-corrected chi connectivity index (χ0v) is 24.8. The molecule has 244 valence electrons. The number of halogens is 3. The maximum Gasteiger partial charge on any atom is 0.433 e. The van der Waals surface area contributed by atoms with Crippen LogP contribution in [0, 0.1) is 16.0 Å². The van der Waals surface area contributed by atoms with Gasteiger partial charge in [-0.15, -0.1) is 0 Å². The number of para-hydroxylation sites is 1. The van der Waals surface area contributed by atoms with Crippen LogP contribution < -0.4 is 14.8 Å². The Morgan fingerprint density at radius 1 is 1.09 bits per heavy atom. The number of carbonyl (C=O) groups excluding carboxylic acids is 2. The summed E-state index contributed by atoms with van der Waals surface area (Å²) in [5, 5.41) is 24.8. The van der Waals surface area contributed by atoms with Crippen LogP contribution >= 0.6 is 0 Å². The average Bonchev–Trinajstić information content (AvgIpc) is 3.02. The van der Waals surface area contributed by atoms with Crippen molar-refractivity contribution in [2.24, 2.45) is 10.9 Å². The number of nitro benzene ring substituents is 1. The van der Waals surface area contributed by atoms with Gasteiger partial charge >= 0.3 is 18.1 Å². The van der Waals surface area contributed by atoms with E-state index in [1.807, 2.05) is 18.2 Å². The number of ether oxygens (including phenoxy) is 4. The Morgan fingerprint density at radius 3 is 2.42 bits per heavy atom. The Morgan fingerprint density at radius 2 is 1.80 bits per heavy atom. The Balaban J connectivity index is 1.78. The van der Waals surface area contributed by atoms with Gasteiger partial charge in [0.15, 0.2) is 5.70 Å². The molecule has 0 amide bonds. The first-order valence-electron chi connectivity index (χ1n) is 13.9. The Kier molecular flexibility index (Phi) is 12.4. The van der Waals surface area contributed by atoms with E-state index in [0.717, 1.165) is 26.4 Å². The number of carbonyl (C=O) groups is 2. The zero-order valence-electron chi connectivity index (χ0n) is 24.8. The summed E-state index contributed by atoms with van der Waals surface area (Å²) >= 11 is 0. The summed E-state index contributed by atoms with van der Waals surface area (Å²) in [4.78, 5) is 40.1. The number of hydrogen-bond acceptors (Lipinski definition) is 11. The molecule has 2 aromatic carbocycles. The molecule has 1 aliphatic rings. The molecule has 0 fully saturated rings. The summed E-state index contributed by atoms with van der Waals surface area (Å²) in [6.07, 6.45) is -4.87. The molecule has 12 nitrogen and oxygen atoms in total. The molecule has 0 radical (unpaired) electrons. The number of nitro groups is 1. The highest BCUT2D eigenvalue weighted by atomic mass is 19.4. The summed E-state index contributed by atoms with van der Waals surface area (Å²) in [5.41, 5.74) is -3.62. The Bertz CT molecular complexity index is 1410. The van der Waals surface area contributed by atoms with Crippen LogP contribution in [0.25, 0.3) is 0 Å². The fourth-order valence-corrected chi connectivity index (χ4v) is 4.77. The van der Waals surface area contributed by atoms with Gasteiger partial charge in [-0.25, -0.2) is 4.79 Å². The van der Waals surface area contributed by atoms with Gasteiger partial charge in [-0.2, -0.15) is 13.2 Å². The van der Waals surface area contributed by atoms with Gasteiger partial charge in [-0.3, -0.25) is 19.9 Å². The van der Waals surface area contributed by atoms with E-state index >= 15 is 0 Å². The number of hydrogen-bond donors (Lipinski definition) is 2. The molecule has 0 aromatic heterocycles. The molecule has 45 heavy (non-hydrogen) atoms. The molecule has 15 heteroatoms. The normalized spacial score (nSPS) is 17.3. The summed E-state index contributed by atoms with van der Waals surface area (Å²) < 4.78 is 63.2. The molecule has 0 saturated carbocycles. The summed E-state index contributed by atoms with van der Waals surface area (Å²) in [6.45, 7) is 2.06. The van der Waals surface area contributed by atoms with Crippen molar-refractivity contribution >= 4 is 23.3 Å². The zero-order chi connectivity index (χ0) is 33.1. The van der Waals surface area contributed by atoms with Crippen molar-refractivity contribution in [3.8, 4) is 11.5 Å². The second-order valence-corrected chi connectivity index (χ2v) is 10.0. The minimum atomic E-state index is -5.12. The van der Waals surface area contributed by atoms with Gasteiger partial charge in [0.05, 0.1) is 31.3 Å². The van der Waals surface area contributed by atoms with Crippen LogP contribution in [0.5, 0.6) is 11.5 Å². The smallest absolute Gasteiger partial charge is 0.433 e. The third-order valence-corrected chi connectivity index (χ3v) is 6.88. The molecule has 2 aromatic rings. The predicted octanol–water partition coefficient (Wildman–Crippen LogP) is 4.12. The molecular weight excluding hydrogens is 603 g/mol. The van der Waals surface area contributed by atoms with E-state index in [0.29, 0.717) is 25.1 Å². The second-order valence-electron chi connectivity index (χ2n) is 10.0. The van der Waals surface area contributed by atoms with E-state index in [1.165, 1.54) is 13.0 Å². The fourth-order valence-electron chi connectivity index (χ4n) is 4.77. The molecule has 0 saturated heterocycles. The third kappa shape index (κ3) is 9.25. The van der Waals surface area contributed by atoms with Crippen LogP contribution in [0.3, 0.4) is 0 Å². The quantitative estimate of drug-likeness (QED) is 0.126. The first kappa shape index (κ1) is 35.0. The minimum Gasteiger partial charge on any atom is -0.493 e. The minimum absolute atomic E-state index is 0.0399. The SMILES string of the molecule is COC(=O)C1=C(C(F)(F)F)N=C(C)C(C(=O)OC)C1c1cc([N+](=O)[O-])ccc1OCCCCNCC(O)COc1ccccc1. The average molecular weight is 638 g/mol. The van der Waals surface area contributed by atoms with Crippen molar-refractivity contribution in [3.05, 3.63) is 75.5 Å².